The molecule has 0 aromatic heterocycles. The Kier molecular flexibility index (Phi) is 4.91. The molecule has 1 heterocycles. The molecular weight excluding hydrogens is 352 g/mol. The number of rotatable bonds is 4. The fourth-order valence-electron chi connectivity index (χ4n) is 3.21. The molecular formula is C19H22N2O4S. The van der Waals surface area contributed by atoms with Crippen molar-refractivity contribution in [2.75, 3.05) is 17.6 Å². The van der Waals surface area contributed by atoms with Gasteiger partial charge in [-0.1, -0.05) is 23.8 Å². The van der Waals surface area contributed by atoms with Crippen molar-refractivity contribution in [1.29, 1.82) is 0 Å². The van der Waals surface area contributed by atoms with Crippen molar-refractivity contribution in [2.24, 2.45) is 0 Å². The number of sulfonamides is 1. The molecule has 1 atom stereocenters. The van der Waals surface area contributed by atoms with Crippen LogP contribution in [0.2, 0.25) is 0 Å². The molecule has 1 amide bonds. The Morgan fingerprint density at radius 2 is 1.96 bits per heavy atom. The summed E-state index contributed by atoms with van der Waals surface area (Å²) in [6, 6.07) is 10.4. The van der Waals surface area contributed by atoms with E-state index >= 15 is 0 Å². The van der Waals surface area contributed by atoms with E-state index in [9.17, 15) is 13.2 Å². The number of nitrogens with one attached hydrogen (secondary N) is 2. The normalized spacial score (nSPS) is 16.3. The van der Waals surface area contributed by atoms with Crippen LogP contribution in [0.25, 0.3) is 0 Å². The van der Waals surface area contributed by atoms with Crippen LogP contribution in [0.3, 0.4) is 0 Å². The zero-order valence-electron chi connectivity index (χ0n) is 15.0. The van der Waals surface area contributed by atoms with Crippen LogP contribution < -0.4 is 14.8 Å². The lowest BCUT2D eigenvalue weighted by Crippen LogP contribution is -2.32. The standard InChI is InChI=1S/C19H22N2O4S/c1-12-9-13(2)18-16(10-12)17(7-8-25-18)20-19(22)14-5-4-6-15(11-14)21-26(3,23)24/h4-6,9-11,17,21H,7-8H2,1-3H3,(H,20,22). The summed E-state index contributed by atoms with van der Waals surface area (Å²) >= 11 is 0. The second-order valence-corrected chi connectivity index (χ2v) is 8.37. The number of benzene rings is 2. The van der Waals surface area contributed by atoms with Crippen LogP contribution in [0.5, 0.6) is 5.75 Å². The quantitative estimate of drug-likeness (QED) is 0.862. The minimum Gasteiger partial charge on any atom is -0.493 e. The van der Waals surface area contributed by atoms with Gasteiger partial charge in [0.2, 0.25) is 10.0 Å². The lowest BCUT2D eigenvalue weighted by atomic mass is 9.95. The van der Waals surface area contributed by atoms with Crippen molar-refractivity contribution in [3.05, 3.63) is 58.7 Å². The Hall–Kier alpha value is -2.54. The van der Waals surface area contributed by atoms with E-state index in [1.807, 2.05) is 19.9 Å². The molecule has 1 unspecified atom stereocenters. The van der Waals surface area contributed by atoms with Crippen LogP contribution in [0.15, 0.2) is 36.4 Å². The van der Waals surface area contributed by atoms with Crippen molar-refractivity contribution in [3.8, 4) is 5.75 Å². The molecule has 0 aliphatic carbocycles. The summed E-state index contributed by atoms with van der Waals surface area (Å²) < 4.78 is 30.9. The van der Waals surface area contributed by atoms with Gasteiger partial charge in [0.15, 0.2) is 0 Å². The maximum atomic E-state index is 12.7. The van der Waals surface area contributed by atoms with Crippen LogP contribution in [-0.4, -0.2) is 27.2 Å². The van der Waals surface area contributed by atoms with Crippen LogP contribution in [0.4, 0.5) is 5.69 Å². The first-order valence-corrected chi connectivity index (χ1v) is 10.2. The largest absolute Gasteiger partial charge is 0.493 e. The molecule has 138 valence electrons. The molecule has 2 N–H and O–H groups in total. The molecule has 0 saturated carbocycles. The third kappa shape index (κ3) is 4.16. The van der Waals surface area contributed by atoms with Gasteiger partial charge in [-0.25, -0.2) is 8.42 Å². The first-order valence-electron chi connectivity index (χ1n) is 8.35. The second kappa shape index (κ2) is 6.99. The number of amides is 1. The molecule has 0 fully saturated rings. The Labute approximate surface area is 153 Å². The van der Waals surface area contributed by atoms with E-state index in [-0.39, 0.29) is 11.9 Å². The number of hydrogen-bond donors (Lipinski definition) is 2. The molecule has 2 aromatic rings. The fraction of sp³-hybridized carbons (Fsp3) is 0.316. The molecule has 1 aliphatic rings. The second-order valence-electron chi connectivity index (χ2n) is 6.62. The highest BCUT2D eigenvalue weighted by Gasteiger charge is 2.25. The molecule has 2 aromatic carbocycles. The molecule has 0 radical (unpaired) electrons. The van der Waals surface area contributed by atoms with E-state index in [4.69, 9.17) is 4.74 Å². The average molecular weight is 374 g/mol. The number of aryl methyl sites for hydroxylation is 2. The maximum Gasteiger partial charge on any atom is 0.251 e. The van der Waals surface area contributed by atoms with Crippen molar-refractivity contribution < 1.29 is 17.9 Å². The summed E-state index contributed by atoms with van der Waals surface area (Å²) in [5, 5.41) is 3.04. The Bertz CT molecular complexity index is 954. The molecule has 0 spiro atoms. The summed E-state index contributed by atoms with van der Waals surface area (Å²) in [5.74, 6) is 0.582. The van der Waals surface area contributed by atoms with Crippen LogP contribution in [0.1, 0.15) is 39.5 Å². The van der Waals surface area contributed by atoms with Gasteiger partial charge in [-0.3, -0.25) is 9.52 Å². The predicted molar refractivity (Wildman–Crippen MR) is 101 cm³/mol. The molecule has 26 heavy (non-hydrogen) atoms. The van der Waals surface area contributed by atoms with Gasteiger partial charge in [0.25, 0.3) is 5.91 Å². The Morgan fingerprint density at radius 1 is 1.19 bits per heavy atom. The fourth-order valence-corrected chi connectivity index (χ4v) is 3.76. The summed E-state index contributed by atoms with van der Waals surface area (Å²) in [6.07, 6.45) is 1.76. The third-order valence-electron chi connectivity index (χ3n) is 4.21. The third-order valence-corrected chi connectivity index (χ3v) is 4.82. The van der Waals surface area contributed by atoms with Crippen LogP contribution in [0, 0.1) is 13.8 Å². The van der Waals surface area contributed by atoms with Gasteiger partial charge in [0.1, 0.15) is 5.75 Å². The van der Waals surface area contributed by atoms with Gasteiger partial charge in [0, 0.05) is 23.2 Å². The zero-order chi connectivity index (χ0) is 18.9. The highest BCUT2D eigenvalue weighted by molar-refractivity contribution is 7.92. The number of carbonyl (C=O) groups excluding carboxylic acids is 1. The molecule has 0 bridgehead atoms. The van der Waals surface area contributed by atoms with Crippen molar-refractivity contribution in [3.63, 3.8) is 0 Å². The van der Waals surface area contributed by atoms with Crippen molar-refractivity contribution in [1.82, 2.24) is 5.32 Å². The van der Waals surface area contributed by atoms with E-state index in [0.717, 1.165) is 28.7 Å². The summed E-state index contributed by atoms with van der Waals surface area (Å²) in [7, 11) is -3.39. The molecule has 7 heteroatoms. The smallest absolute Gasteiger partial charge is 0.251 e. The van der Waals surface area contributed by atoms with E-state index < -0.39 is 10.0 Å². The van der Waals surface area contributed by atoms with Crippen molar-refractivity contribution >= 4 is 21.6 Å². The first-order chi connectivity index (χ1) is 12.2. The number of ether oxygens (including phenoxy) is 1. The topological polar surface area (TPSA) is 84.5 Å². The lowest BCUT2D eigenvalue weighted by molar-refractivity contribution is 0.0924. The van der Waals surface area contributed by atoms with E-state index in [0.29, 0.717) is 24.3 Å². The first kappa shape index (κ1) is 18.3. The van der Waals surface area contributed by atoms with Gasteiger partial charge >= 0.3 is 0 Å². The summed E-state index contributed by atoms with van der Waals surface area (Å²) in [6.45, 7) is 4.55. The number of anilines is 1. The average Bonchev–Trinajstić information content (AvgIpc) is 2.54. The van der Waals surface area contributed by atoms with Gasteiger partial charge in [-0.2, -0.15) is 0 Å². The van der Waals surface area contributed by atoms with Gasteiger partial charge < -0.3 is 10.1 Å². The highest BCUT2D eigenvalue weighted by Crippen LogP contribution is 2.35. The minimum absolute atomic E-state index is 0.142. The van der Waals surface area contributed by atoms with Crippen LogP contribution >= 0.6 is 0 Å². The van der Waals surface area contributed by atoms with Gasteiger partial charge in [0.05, 0.1) is 18.9 Å². The zero-order valence-corrected chi connectivity index (χ0v) is 15.8. The van der Waals surface area contributed by atoms with Gasteiger partial charge in [-0.05, 0) is 37.6 Å². The Morgan fingerprint density at radius 3 is 2.69 bits per heavy atom. The lowest BCUT2D eigenvalue weighted by Gasteiger charge is -2.28. The predicted octanol–water partition coefficient (Wildman–Crippen LogP) is 2.93. The highest BCUT2D eigenvalue weighted by atomic mass is 32.2. The molecule has 3 rings (SSSR count). The Balaban J connectivity index is 1.83. The molecule has 6 nitrogen and oxygen atoms in total. The van der Waals surface area contributed by atoms with E-state index in [2.05, 4.69) is 16.1 Å². The monoisotopic (exact) mass is 374 g/mol. The molecule has 0 saturated heterocycles. The minimum atomic E-state index is -3.39. The van der Waals surface area contributed by atoms with E-state index in [1.165, 1.54) is 6.07 Å². The summed E-state index contributed by atoms with van der Waals surface area (Å²) in [4.78, 5) is 12.7. The van der Waals surface area contributed by atoms with E-state index in [1.54, 1.807) is 18.2 Å². The SMILES string of the molecule is Cc1cc(C)c2c(c1)C(NC(=O)c1cccc(NS(C)(=O)=O)c1)CCO2. The summed E-state index contributed by atoms with van der Waals surface area (Å²) in [5.41, 5.74) is 3.91. The van der Waals surface area contributed by atoms with Crippen LogP contribution in [-0.2, 0) is 10.0 Å². The number of fused-ring (bicyclic) bond motifs is 1. The van der Waals surface area contributed by atoms with Gasteiger partial charge in [-0.15, -0.1) is 0 Å². The molecule has 1 aliphatic heterocycles. The number of hydrogen-bond acceptors (Lipinski definition) is 4. The maximum absolute atomic E-state index is 12.7. The van der Waals surface area contributed by atoms with Crippen molar-refractivity contribution in [2.45, 2.75) is 26.3 Å². The number of carbonyl (C=O) groups is 1.